The number of amides is 1. The lowest BCUT2D eigenvalue weighted by atomic mass is 10.2. The summed E-state index contributed by atoms with van der Waals surface area (Å²) < 4.78 is 0. The van der Waals surface area contributed by atoms with Crippen LogP contribution in [0.5, 0.6) is 0 Å². The molecule has 0 bridgehead atoms. The van der Waals surface area contributed by atoms with Gasteiger partial charge in [-0.05, 0) is 20.8 Å². The third-order valence-electron chi connectivity index (χ3n) is 2.98. The van der Waals surface area contributed by atoms with Gasteiger partial charge in [0.2, 0.25) is 5.91 Å². The molecule has 2 unspecified atom stereocenters. The van der Waals surface area contributed by atoms with Crippen molar-refractivity contribution >= 4 is 22.4 Å². The quantitative estimate of drug-likeness (QED) is 0.819. The standard InChI is InChI=1S/C11H18N4OS/c1-6(12)9-7(2)14-11(17-9)15-5-4-13-10(16)8(15)3/h6,8H,4-5,12H2,1-3H3,(H,13,16). The van der Waals surface area contributed by atoms with Crippen LogP contribution in [0.15, 0.2) is 0 Å². The van der Waals surface area contributed by atoms with Crippen molar-refractivity contribution in [1.29, 1.82) is 0 Å². The fraction of sp³-hybridized carbons (Fsp3) is 0.636. The summed E-state index contributed by atoms with van der Waals surface area (Å²) in [7, 11) is 0. The van der Waals surface area contributed by atoms with Crippen molar-refractivity contribution in [3.8, 4) is 0 Å². The number of nitrogens with zero attached hydrogens (tertiary/aromatic N) is 2. The molecule has 2 heterocycles. The van der Waals surface area contributed by atoms with Crippen molar-refractivity contribution in [1.82, 2.24) is 10.3 Å². The molecule has 2 rings (SSSR count). The van der Waals surface area contributed by atoms with Gasteiger partial charge >= 0.3 is 0 Å². The molecule has 1 fully saturated rings. The summed E-state index contributed by atoms with van der Waals surface area (Å²) >= 11 is 1.59. The van der Waals surface area contributed by atoms with Crippen LogP contribution in [0.2, 0.25) is 0 Å². The van der Waals surface area contributed by atoms with E-state index in [9.17, 15) is 4.79 Å². The van der Waals surface area contributed by atoms with E-state index in [1.165, 1.54) is 0 Å². The van der Waals surface area contributed by atoms with Crippen molar-refractivity contribution in [3.63, 3.8) is 0 Å². The Morgan fingerprint density at radius 2 is 2.35 bits per heavy atom. The number of rotatable bonds is 2. The molecular weight excluding hydrogens is 236 g/mol. The summed E-state index contributed by atoms with van der Waals surface area (Å²) in [4.78, 5) is 19.3. The van der Waals surface area contributed by atoms with E-state index in [4.69, 9.17) is 5.73 Å². The Balaban J connectivity index is 2.27. The third kappa shape index (κ3) is 2.28. The van der Waals surface area contributed by atoms with Gasteiger partial charge in [0, 0.05) is 24.0 Å². The van der Waals surface area contributed by atoms with E-state index in [-0.39, 0.29) is 18.0 Å². The molecule has 1 saturated heterocycles. The van der Waals surface area contributed by atoms with Gasteiger partial charge in [0.15, 0.2) is 5.13 Å². The predicted octanol–water partition coefficient (Wildman–Crippen LogP) is 0.796. The zero-order chi connectivity index (χ0) is 12.6. The molecule has 0 spiro atoms. The van der Waals surface area contributed by atoms with Crippen LogP contribution in [-0.2, 0) is 4.79 Å². The third-order valence-corrected chi connectivity index (χ3v) is 4.37. The van der Waals surface area contributed by atoms with Crippen LogP contribution in [0, 0.1) is 6.92 Å². The molecule has 5 nitrogen and oxygen atoms in total. The van der Waals surface area contributed by atoms with Gasteiger partial charge in [-0.25, -0.2) is 4.98 Å². The summed E-state index contributed by atoms with van der Waals surface area (Å²) in [5.74, 6) is 0.0615. The molecule has 0 aromatic carbocycles. The molecule has 1 aromatic rings. The monoisotopic (exact) mass is 254 g/mol. The maximum atomic E-state index is 11.6. The average Bonchev–Trinajstić information content (AvgIpc) is 2.64. The minimum atomic E-state index is -0.157. The second-order valence-corrected chi connectivity index (χ2v) is 5.40. The van der Waals surface area contributed by atoms with Gasteiger partial charge < -0.3 is 16.0 Å². The van der Waals surface area contributed by atoms with E-state index in [0.29, 0.717) is 6.54 Å². The highest BCUT2D eigenvalue weighted by atomic mass is 32.1. The van der Waals surface area contributed by atoms with Crippen molar-refractivity contribution in [2.24, 2.45) is 5.73 Å². The molecular formula is C11H18N4OS. The predicted molar refractivity (Wildman–Crippen MR) is 69.3 cm³/mol. The first-order chi connectivity index (χ1) is 8.00. The van der Waals surface area contributed by atoms with Crippen molar-refractivity contribution in [2.75, 3.05) is 18.0 Å². The molecule has 0 saturated carbocycles. The van der Waals surface area contributed by atoms with Crippen LogP contribution in [0.25, 0.3) is 0 Å². The molecule has 17 heavy (non-hydrogen) atoms. The van der Waals surface area contributed by atoms with Crippen LogP contribution < -0.4 is 16.0 Å². The Bertz CT molecular complexity index is 429. The molecule has 2 atom stereocenters. The number of nitrogens with two attached hydrogens (primary N) is 1. The Morgan fingerprint density at radius 1 is 1.65 bits per heavy atom. The summed E-state index contributed by atoms with van der Waals surface area (Å²) in [5, 5.41) is 3.75. The number of carbonyl (C=O) groups is 1. The van der Waals surface area contributed by atoms with Crippen LogP contribution >= 0.6 is 11.3 Å². The molecule has 1 amide bonds. The smallest absolute Gasteiger partial charge is 0.242 e. The van der Waals surface area contributed by atoms with Crippen LogP contribution in [0.1, 0.15) is 30.5 Å². The van der Waals surface area contributed by atoms with Crippen molar-refractivity contribution in [2.45, 2.75) is 32.9 Å². The van der Waals surface area contributed by atoms with E-state index in [1.807, 2.05) is 25.7 Å². The first-order valence-corrected chi connectivity index (χ1v) is 6.59. The number of aromatic nitrogens is 1. The van der Waals surface area contributed by atoms with Gasteiger partial charge in [-0.15, -0.1) is 0 Å². The highest BCUT2D eigenvalue weighted by Crippen LogP contribution is 2.31. The first-order valence-electron chi connectivity index (χ1n) is 5.78. The Morgan fingerprint density at radius 3 is 2.94 bits per heavy atom. The van der Waals surface area contributed by atoms with E-state index < -0.39 is 0 Å². The SMILES string of the molecule is Cc1nc(N2CCNC(=O)C2C)sc1C(C)N. The van der Waals surface area contributed by atoms with E-state index >= 15 is 0 Å². The number of aryl methyl sites for hydroxylation is 1. The Kier molecular flexibility index (Phi) is 3.35. The lowest BCUT2D eigenvalue weighted by Gasteiger charge is -2.32. The molecule has 94 valence electrons. The molecule has 0 aliphatic carbocycles. The summed E-state index contributed by atoms with van der Waals surface area (Å²) in [6.45, 7) is 7.30. The van der Waals surface area contributed by atoms with Crippen LogP contribution in [0.3, 0.4) is 0 Å². The number of piperazine rings is 1. The van der Waals surface area contributed by atoms with Gasteiger partial charge in [0.25, 0.3) is 0 Å². The fourth-order valence-corrected chi connectivity index (χ4v) is 3.11. The number of nitrogens with one attached hydrogen (secondary N) is 1. The van der Waals surface area contributed by atoms with E-state index in [2.05, 4.69) is 10.3 Å². The lowest BCUT2D eigenvalue weighted by molar-refractivity contribution is -0.122. The second kappa shape index (κ2) is 4.62. The fourth-order valence-electron chi connectivity index (χ4n) is 1.98. The summed E-state index contributed by atoms with van der Waals surface area (Å²) in [5.41, 5.74) is 6.86. The molecule has 3 N–H and O–H groups in total. The van der Waals surface area contributed by atoms with E-state index in [1.54, 1.807) is 11.3 Å². The van der Waals surface area contributed by atoms with Gasteiger partial charge in [-0.1, -0.05) is 11.3 Å². The molecule has 6 heteroatoms. The maximum absolute atomic E-state index is 11.6. The van der Waals surface area contributed by atoms with Gasteiger partial charge in [0.1, 0.15) is 6.04 Å². The Labute approximate surface area is 105 Å². The minimum absolute atomic E-state index is 0.00447. The normalized spacial score (nSPS) is 22.5. The highest BCUT2D eigenvalue weighted by molar-refractivity contribution is 7.15. The van der Waals surface area contributed by atoms with Gasteiger partial charge in [-0.3, -0.25) is 4.79 Å². The molecule has 0 radical (unpaired) electrons. The zero-order valence-corrected chi connectivity index (χ0v) is 11.2. The maximum Gasteiger partial charge on any atom is 0.242 e. The number of hydrogen-bond acceptors (Lipinski definition) is 5. The Hall–Kier alpha value is -1.14. The van der Waals surface area contributed by atoms with Gasteiger partial charge in [-0.2, -0.15) is 0 Å². The van der Waals surface area contributed by atoms with E-state index in [0.717, 1.165) is 22.2 Å². The van der Waals surface area contributed by atoms with Crippen molar-refractivity contribution < 1.29 is 4.79 Å². The number of hydrogen-bond donors (Lipinski definition) is 2. The average molecular weight is 254 g/mol. The first kappa shape index (κ1) is 12.3. The van der Waals surface area contributed by atoms with Crippen LogP contribution in [-0.4, -0.2) is 30.0 Å². The number of thiazole rings is 1. The molecule has 1 aliphatic heterocycles. The number of carbonyl (C=O) groups excluding carboxylic acids is 1. The topological polar surface area (TPSA) is 71.2 Å². The summed E-state index contributed by atoms with van der Waals surface area (Å²) in [6.07, 6.45) is 0. The van der Waals surface area contributed by atoms with Crippen molar-refractivity contribution in [3.05, 3.63) is 10.6 Å². The number of anilines is 1. The summed E-state index contributed by atoms with van der Waals surface area (Å²) in [6, 6.07) is -0.162. The minimum Gasteiger partial charge on any atom is -0.353 e. The molecule has 1 aromatic heterocycles. The highest BCUT2D eigenvalue weighted by Gasteiger charge is 2.28. The zero-order valence-electron chi connectivity index (χ0n) is 10.4. The van der Waals surface area contributed by atoms with Crippen LogP contribution in [0.4, 0.5) is 5.13 Å². The largest absolute Gasteiger partial charge is 0.353 e. The lowest BCUT2D eigenvalue weighted by Crippen LogP contribution is -2.54. The van der Waals surface area contributed by atoms with Gasteiger partial charge in [0.05, 0.1) is 5.69 Å². The second-order valence-electron chi connectivity index (χ2n) is 4.40. The molecule has 1 aliphatic rings.